The standard InChI is InChI=1S/C20H42.C14H30.C2H6/c1-7-13-19(11-5)17(6)15-12-16-20(14-8-2)18(9-3)10-4;1-7-12(6)14(9-3)13(8-2)10-11(4)5;1-2/h17-20H,7-16H2,1-6H3;11-14H,7-10H2,1-6H3;1-2H3. The molecule has 0 saturated carbocycles. The van der Waals surface area contributed by atoms with Crippen LogP contribution < -0.4 is 0 Å². The van der Waals surface area contributed by atoms with Crippen molar-refractivity contribution < 1.29 is 0 Å². The second kappa shape index (κ2) is 28.0. The first-order valence-corrected chi connectivity index (χ1v) is 17.2. The van der Waals surface area contributed by atoms with E-state index in [9.17, 15) is 0 Å². The Morgan fingerprint density at radius 2 is 0.889 bits per heavy atom. The lowest BCUT2D eigenvalue weighted by atomic mass is 9.75. The molecule has 0 aliphatic heterocycles. The topological polar surface area (TPSA) is 0 Å². The van der Waals surface area contributed by atoms with Gasteiger partial charge in [0, 0.05) is 0 Å². The van der Waals surface area contributed by atoms with Crippen molar-refractivity contribution in [1.29, 1.82) is 0 Å². The van der Waals surface area contributed by atoms with E-state index in [4.69, 9.17) is 0 Å². The van der Waals surface area contributed by atoms with Crippen LogP contribution in [0.5, 0.6) is 0 Å². The first-order valence-electron chi connectivity index (χ1n) is 17.2. The Morgan fingerprint density at radius 3 is 1.25 bits per heavy atom. The average Bonchev–Trinajstić information content (AvgIpc) is 2.88. The number of rotatable bonds is 20. The second-order valence-corrected chi connectivity index (χ2v) is 12.2. The molecule has 0 fully saturated rings. The highest BCUT2D eigenvalue weighted by atomic mass is 14.3. The molecule has 0 heteroatoms. The largest absolute Gasteiger partial charge is 0.0683 e. The maximum absolute atomic E-state index is 2.50. The number of hydrogen-bond acceptors (Lipinski definition) is 0. The molecule has 0 bridgehead atoms. The minimum absolute atomic E-state index is 0.859. The summed E-state index contributed by atoms with van der Waals surface area (Å²) in [6.45, 7) is 32.5. The summed E-state index contributed by atoms with van der Waals surface area (Å²) < 4.78 is 0. The molecule has 0 heterocycles. The van der Waals surface area contributed by atoms with Crippen LogP contribution in [0.1, 0.15) is 187 Å². The Kier molecular flexibility index (Phi) is 31.5. The van der Waals surface area contributed by atoms with Gasteiger partial charge in [-0.25, -0.2) is 0 Å². The highest BCUT2D eigenvalue weighted by molar-refractivity contribution is 4.74. The summed E-state index contributed by atoms with van der Waals surface area (Å²) in [7, 11) is 0. The molecular formula is C36H78. The van der Waals surface area contributed by atoms with E-state index >= 15 is 0 Å². The molecular weight excluding hydrogens is 432 g/mol. The van der Waals surface area contributed by atoms with Gasteiger partial charge in [-0.1, -0.05) is 180 Å². The molecule has 0 spiro atoms. The molecule has 0 N–H and O–H groups in total. The van der Waals surface area contributed by atoms with Crippen molar-refractivity contribution in [2.45, 2.75) is 187 Å². The zero-order valence-corrected chi connectivity index (χ0v) is 28.5. The van der Waals surface area contributed by atoms with Gasteiger partial charge >= 0.3 is 0 Å². The third kappa shape index (κ3) is 19.1. The summed E-state index contributed by atoms with van der Waals surface area (Å²) in [6.07, 6.45) is 19.6. The van der Waals surface area contributed by atoms with Crippen molar-refractivity contribution in [2.24, 2.45) is 47.3 Å². The Balaban J connectivity index is -0.000000597. The Bertz CT molecular complexity index is 393. The van der Waals surface area contributed by atoms with E-state index in [1.54, 1.807) is 0 Å². The first-order chi connectivity index (χ1) is 17.2. The Morgan fingerprint density at radius 1 is 0.417 bits per heavy atom. The summed E-state index contributed by atoms with van der Waals surface area (Å²) >= 11 is 0. The van der Waals surface area contributed by atoms with Gasteiger partial charge in [-0.05, 0) is 53.8 Å². The lowest BCUT2D eigenvalue weighted by Gasteiger charge is -2.31. The lowest BCUT2D eigenvalue weighted by Crippen LogP contribution is -2.22. The molecule has 222 valence electrons. The summed E-state index contributed by atoms with van der Waals surface area (Å²) in [6, 6.07) is 0. The van der Waals surface area contributed by atoms with Crippen molar-refractivity contribution in [3.63, 3.8) is 0 Å². The predicted octanol–water partition coefficient (Wildman–Crippen LogP) is 13.6. The molecule has 0 aliphatic carbocycles. The van der Waals surface area contributed by atoms with E-state index in [1.165, 1.54) is 89.9 Å². The van der Waals surface area contributed by atoms with Crippen LogP contribution in [0.2, 0.25) is 0 Å². The summed E-state index contributed by atoms with van der Waals surface area (Å²) in [5.41, 5.74) is 0. The molecule has 0 rings (SSSR count). The van der Waals surface area contributed by atoms with E-state index in [2.05, 4.69) is 83.1 Å². The monoisotopic (exact) mass is 511 g/mol. The normalized spacial score (nSPS) is 16.3. The smallest absolute Gasteiger partial charge is 0.0363 e. The molecule has 0 aromatic heterocycles. The van der Waals surface area contributed by atoms with E-state index in [0.717, 1.165) is 47.3 Å². The fraction of sp³-hybridized carbons (Fsp3) is 1.00. The maximum Gasteiger partial charge on any atom is -0.0363 e. The van der Waals surface area contributed by atoms with Crippen LogP contribution in [0.25, 0.3) is 0 Å². The fourth-order valence-corrected chi connectivity index (χ4v) is 6.89. The van der Waals surface area contributed by atoms with Gasteiger partial charge in [0.05, 0.1) is 0 Å². The minimum atomic E-state index is 0.859. The van der Waals surface area contributed by atoms with Crippen LogP contribution in [0.15, 0.2) is 0 Å². The number of hydrogen-bond donors (Lipinski definition) is 0. The van der Waals surface area contributed by atoms with E-state index in [-0.39, 0.29) is 0 Å². The molecule has 6 atom stereocenters. The van der Waals surface area contributed by atoms with Gasteiger partial charge in [0.2, 0.25) is 0 Å². The van der Waals surface area contributed by atoms with Crippen LogP contribution >= 0.6 is 0 Å². The van der Waals surface area contributed by atoms with Crippen LogP contribution in [-0.2, 0) is 0 Å². The summed E-state index contributed by atoms with van der Waals surface area (Å²) in [5, 5.41) is 0. The van der Waals surface area contributed by atoms with Gasteiger partial charge in [-0.3, -0.25) is 0 Å². The van der Waals surface area contributed by atoms with Crippen molar-refractivity contribution in [1.82, 2.24) is 0 Å². The molecule has 0 saturated heterocycles. The van der Waals surface area contributed by atoms with E-state index in [0.29, 0.717) is 0 Å². The SMILES string of the molecule is CC.CCC(C)C(CC)C(CC)CC(C)C.CCCC(CC)C(C)CCCC(CCC)C(CC)CC. The summed E-state index contributed by atoms with van der Waals surface area (Å²) in [4.78, 5) is 0. The molecule has 0 aromatic rings. The molecule has 0 aromatic carbocycles. The molecule has 6 unspecified atom stereocenters. The van der Waals surface area contributed by atoms with Gasteiger partial charge in [0.1, 0.15) is 0 Å². The van der Waals surface area contributed by atoms with Crippen molar-refractivity contribution in [3.8, 4) is 0 Å². The minimum Gasteiger partial charge on any atom is -0.0683 e. The second-order valence-electron chi connectivity index (χ2n) is 12.2. The van der Waals surface area contributed by atoms with Gasteiger partial charge in [0.15, 0.2) is 0 Å². The predicted molar refractivity (Wildman–Crippen MR) is 172 cm³/mol. The van der Waals surface area contributed by atoms with Gasteiger partial charge in [-0.15, -0.1) is 0 Å². The van der Waals surface area contributed by atoms with Crippen molar-refractivity contribution >= 4 is 0 Å². The van der Waals surface area contributed by atoms with Crippen LogP contribution in [0.4, 0.5) is 0 Å². The van der Waals surface area contributed by atoms with E-state index < -0.39 is 0 Å². The quantitative estimate of drug-likeness (QED) is 0.153. The average molecular weight is 511 g/mol. The third-order valence-corrected chi connectivity index (χ3v) is 9.35. The van der Waals surface area contributed by atoms with E-state index in [1.807, 2.05) is 13.8 Å². The Hall–Kier alpha value is 0. The molecule has 0 radical (unpaired) electrons. The molecule has 0 nitrogen and oxygen atoms in total. The first kappa shape index (κ1) is 40.5. The third-order valence-electron chi connectivity index (χ3n) is 9.35. The van der Waals surface area contributed by atoms with Crippen LogP contribution in [0, 0.1) is 47.3 Å². The van der Waals surface area contributed by atoms with Gasteiger partial charge in [0.25, 0.3) is 0 Å². The molecule has 36 heavy (non-hydrogen) atoms. The van der Waals surface area contributed by atoms with Crippen molar-refractivity contribution in [2.75, 3.05) is 0 Å². The van der Waals surface area contributed by atoms with Gasteiger partial charge < -0.3 is 0 Å². The lowest BCUT2D eigenvalue weighted by molar-refractivity contribution is 0.192. The summed E-state index contributed by atoms with van der Waals surface area (Å²) in [5.74, 6) is 7.54. The van der Waals surface area contributed by atoms with Crippen LogP contribution in [0.3, 0.4) is 0 Å². The highest BCUT2D eigenvalue weighted by Gasteiger charge is 2.23. The Labute approximate surface area is 234 Å². The van der Waals surface area contributed by atoms with Crippen molar-refractivity contribution in [3.05, 3.63) is 0 Å². The fourth-order valence-electron chi connectivity index (χ4n) is 6.89. The zero-order chi connectivity index (χ0) is 28.5. The zero-order valence-electron chi connectivity index (χ0n) is 28.5. The highest BCUT2D eigenvalue weighted by Crippen LogP contribution is 2.33. The molecule has 0 amide bonds. The van der Waals surface area contributed by atoms with Crippen LogP contribution in [-0.4, -0.2) is 0 Å². The van der Waals surface area contributed by atoms with Gasteiger partial charge in [-0.2, -0.15) is 0 Å². The maximum atomic E-state index is 2.50. The molecule has 0 aliphatic rings.